The Bertz CT molecular complexity index is 475. The lowest BCUT2D eigenvalue weighted by Gasteiger charge is -2.60. The van der Waals surface area contributed by atoms with Gasteiger partial charge in [0, 0.05) is 42.8 Å². The van der Waals surface area contributed by atoms with Gasteiger partial charge < -0.3 is 14.8 Å². The Kier molecular flexibility index (Phi) is 3.69. The smallest absolute Gasteiger partial charge is 0.213 e. The van der Waals surface area contributed by atoms with Crippen molar-refractivity contribution in [2.45, 2.75) is 45.4 Å². The van der Waals surface area contributed by atoms with E-state index in [1.165, 1.54) is 18.4 Å². The van der Waals surface area contributed by atoms with Crippen molar-refractivity contribution in [2.75, 3.05) is 13.7 Å². The third kappa shape index (κ3) is 2.31. The third-order valence-corrected chi connectivity index (χ3v) is 4.87. The highest BCUT2D eigenvalue weighted by atomic mass is 16.5. The van der Waals surface area contributed by atoms with Crippen molar-refractivity contribution in [3.05, 3.63) is 23.9 Å². The van der Waals surface area contributed by atoms with Gasteiger partial charge in [0.1, 0.15) is 0 Å². The van der Waals surface area contributed by atoms with Gasteiger partial charge in [-0.15, -0.1) is 0 Å². The molecule has 0 amide bonds. The van der Waals surface area contributed by atoms with Crippen molar-refractivity contribution >= 4 is 0 Å². The van der Waals surface area contributed by atoms with Crippen LogP contribution >= 0.6 is 0 Å². The van der Waals surface area contributed by atoms with E-state index in [9.17, 15) is 0 Å². The second-order valence-corrected chi connectivity index (χ2v) is 6.48. The van der Waals surface area contributed by atoms with Gasteiger partial charge in [0.25, 0.3) is 0 Å². The van der Waals surface area contributed by atoms with Crippen LogP contribution in [0.1, 0.15) is 32.3 Å². The summed E-state index contributed by atoms with van der Waals surface area (Å²) in [6, 6.07) is 4.57. The Balaban J connectivity index is 1.63. The average molecular weight is 276 g/mol. The standard InChI is InChI=1S/C16H24N2O2/c1-16(2)14(12-5-4-8-20-15(12)16)18-10-11-6-7-17-13(9-11)19-3/h6-7,9,12,14-15,18H,4-5,8,10H2,1-3H3. The zero-order valence-electron chi connectivity index (χ0n) is 12.6. The maximum atomic E-state index is 5.94. The van der Waals surface area contributed by atoms with Gasteiger partial charge in [-0.3, -0.25) is 0 Å². The Labute approximate surface area is 120 Å². The summed E-state index contributed by atoms with van der Waals surface area (Å²) in [5.41, 5.74) is 1.44. The molecule has 3 rings (SSSR count). The van der Waals surface area contributed by atoms with E-state index in [2.05, 4.69) is 24.1 Å². The molecule has 1 aliphatic heterocycles. The molecule has 110 valence electrons. The molecule has 1 aromatic heterocycles. The number of fused-ring (bicyclic) bond motifs is 1. The molecule has 4 heteroatoms. The monoisotopic (exact) mass is 276 g/mol. The van der Waals surface area contributed by atoms with Crippen LogP contribution < -0.4 is 10.1 Å². The zero-order chi connectivity index (χ0) is 14.2. The molecule has 20 heavy (non-hydrogen) atoms. The van der Waals surface area contributed by atoms with Crippen LogP contribution in [0, 0.1) is 11.3 Å². The lowest BCUT2D eigenvalue weighted by Crippen LogP contribution is -2.69. The number of methoxy groups -OCH3 is 1. The molecular formula is C16H24N2O2. The second kappa shape index (κ2) is 5.34. The summed E-state index contributed by atoms with van der Waals surface area (Å²) in [4.78, 5) is 4.14. The molecule has 4 nitrogen and oxygen atoms in total. The number of pyridine rings is 1. The van der Waals surface area contributed by atoms with E-state index in [-0.39, 0.29) is 5.41 Å². The summed E-state index contributed by atoms with van der Waals surface area (Å²) < 4.78 is 11.1. The first-order valence-corrected chi connectivity index (χ1v) is 7.47. The Morgan fingerprint density at radius 3 is 3.15 bits per heavy atom. The van der Waals surface area contributed by atoms with Gasteiger partial charge in [0.2, 0.25) is 5.88 Å². The second-order valence-electron chi connectivity index (χ2n) is 6.48. The number of aromatic nitrogens is 1. The van der Waals surface area contributed by atoms with Crippen LogP contribution in [-0.2, 0) is 11.3 Å². The largest absolute Gasteiger partial charge is 0.481 e. The Morgan fingerprint density at radius 2 is 2.35 bits per heavy atom. The zero-order valence-corrected chi connectivity index (χ0v) is 12.6. The van der Waals surface area contributed by atoms with E-state index in [0.717, 1.165) is 13.2 Å². The molecular weight excluding hydrogens is 252 g/mol. The van der Waals surface area contributed by atoms with Crippen LogP contribution in [0.2, 0.25) is 0 Å². The number of nitrogens with zero attached hydrogens (tertiary/aromatic N) is 1. The van der Waals surface area contributed by atoms with Gasteiger partial charge in [0.05, 0.1) is 13.2 Å². The van der Waals surface area contributed by atoms with Crippen molar-refractivity contribution in [2.24, 2.45) is 11.3 Å². The molecule has 0 radical (unpaired) electrons. The normalized spacial score (nSPS) is 31.2. The molecule has 3 unspecified atom stereocenters. The lowest BCUT2D eigenvalue weighted by molar-refractivity contribution is -0.192. The van der Waals surface area contributed by atoms with Crippen LogP contribution in [0.5, 0.6) is 5.88 Å². The molecule has 2 fully saturated rings. The Hall–Kier alpha value is -1.13. The topological polar surface area (TPSA) is 43.4 Å². The summed E-state index contributed by atoms with van der Waals surface area (Å²) in [6.07, 6.45) is 4.71. The first-order valence-electron chi connectivity index (χ1n) is 7.47. The van der Waals surface area contributed by atoms with E-state index in [4.69, 9.17) is 9.47 Å². The lowest BCUT2D eigenvalue weighted by atomic mass is 9.55. The van der Waals surface area contributed by atoms with Crippen LogP contribution in [0.3, 0.4) is 0 Å². The minimum absolute atomic E-state index is 0.224. The van der Waals surface area contributed by atoms with Crippen molar-refractivity contribution in [1.82, 2.24) is 10.3 Å². The van der Waals surface area contributed by atoms with Gasteiger partial charge in [-0.05, 0) is 24.5 Å². The average Bonchev–Trinajstić information content (AvgIpc) is 2.47. The third-order valence-electron chi connectivity index (χ3n) is 4.87. The van der Waals surface area contributed by atoms with Gasteiger partial charge in [-0.25, -0.2) is 4.98 Å². The number of ether oxygens (including phenoxy) is 2. The van der Waals surface area contributed by atoms with Gasteiger partial charge >= 0.3 is 0 Å². The molecule has 2 heterocycles. The van der Waals surface area contributed by atoms with E-state index < -0.39 is 0 Å². The highest BCUT2D eigenvalue weighted by molar-refractivity contribution is 5.21. The molecule has 1 saturated carbocycles. The molecule has 2 aliphatic rings. The van der Waals surface area contributed by atoms with Crippen molar-refractivity contribution in [3.8, 4) is 5.88 Å². The first kappa shape index (κ1) is 13.8. The maximum Gasteiger partial charge on any atom is 0.213 e. The first-order chi connectivity index (χ1) is 9.63. The minimum Gasteiger partial charge on any atom is -0.481 e. The van der Waals surface area contributed by atoms with Crippen LogP contribution in [0.15, 0.2) is 18.3 Å². The maximum absolute atomic E-state index is 5.94. The van der Waals surface area contributed by atoms with Crippen LogP contribution in [0.25, 0.3) is 0 Å². The van der Waals surface area contributed by atoms with Crippen molar-refractivity contribution < 1.29 is 9.47 Å². The van der Waals surface area contributed by atoms with Crippen molar-refractivity contribution in [3.63, 3.8) is 0 Å². The van der Waals surface area contributed by atoms with Gasteiger partial charge in [-0.2, -0.15) is 0 Å². The predicted molar refractivity (Wildman–Crippen MR) is 77.7 cm³/mol. The number of nitrogens with one attached hydrogen (secondary N) is 1. The van der Waals surface area contributed by atoms with Gasteiger partial charge in [0.15, 0.2) is 0 Å². The molecule has 0 spiro atoms. The minimum atomic E-state index is 0.224. The SMILES string of the molecule is COc1cc(CNC2C3CCCOC3C2(C)C)ccn1. The van der Waals surface area contributed by atoms with Gasteiger partial charge in [-0.1, -0.05) is 13.8 Å². The van der Waals surface area contributed by atoms with E-state index in [1.807, 2.05) is 12.1 Å². The number of hydrogen-bond donors (Lipinski definition) is 1. The fourth-order valence-electron chi connectivity index (χ4n) is 3.84. The Morgan fingerprint density at radius 1 is 1.50 bits per heavy atom. The summed E-state index contributed by atoms with van der Waals surface area (Å²) >= 11 is 0. The fraction of sp³-hybridized carbons (Fsp3) is 0.688. The molecule has 3 atom stereocenters. The summed E-state index contributed by atoms with van der Waals surface area (Å²) in [6.45, 7) is 6.41. The van der Waals surface area contributed by atoms with Crippen molar-refractivity contribution in [1.29, 1.82) is 0 Å². The predicted octanol–water partition coefficient (Wildman–Crippen LogP) is 2.38. The number of rotatable bonds is 4. The molecule has 1 N–H and O–H groups in total. The highest BCUT2D eigenvalue weighted by Crippen LogP contribution is 2.51. The van der Waals surface area contributed by atoms with Crippen LogP contribution in [-0.4, -0.2) is 30.8 Å². The summed E-state index contributed by atoms with van der Waals surface area (Å²) in [7, 11) is 1.65. The molecule has 1 saturated heterocycles. The fourth-order valence-corrected chi connectivity index (χ4v) is 3.84. The van der Waals surface area contributed by atoms with Crippen LogP contribution in [0.4, 0.5) is 0 Å². The van der Waals surface area contributed by atoms with E-state index in [1.54, 1.807) is 13.3 Å². The van der Waals surface area contributed by atoms with E-state index in [0.29, 0.717) is 23.9 Å². The molecule has 0 aromatic carbocycles. The van der Waals surface area contributed by atoms with E-state index >= 15 is 0 Å². The summed E-state index contributed by atoms with van der Waals surface area (Å²) in [5.74, 6) is 1.35. The summed E-state index contributed by atoms with van der Waals surface area (Å²) in [5, 5.41) is 3.71. The number of hydrogen-bond acceptors (Lipinski definition) is 4. The molecule has 1 aromatic rings. The molecule has 0 bridgehead atoms. The highest BCUT2D eigenvalue weighted by Gasteiger charge is 2.57. The quantitative estimate of drug-likeness (QED) is 0.917. The molecule has 1 aliphatic carbocycles.